The Morgan fingerprint density at radius 1 is 0.857 bits per heavy atom. The zero-order valence-corrected chi connectivity index (χ0v) is 21.1. The number of piperazine rings is 1. The SMILES string of the molecule is COc1ccc(SN2CCN(c3nc(Nc4ccc(C)cc4)cc(N4CCOCC4)n3)CC2)cc1. The lowest BCUT2D eigenvalue weighted by Gasteiger charge is -2.35. The lowest BCUT2D eigenvalue weighted by molar-refractivity contribution is 0.122. The number of benzene rings is 2. The van der Waals surface area contributed by atoms with Gasteiger partial charge in [0.25, 0.3) is 0 Å². The maximum absolute atomic E-state index is 5.55. The maximum Gasteiger partial charge on any atom is 0.229 e. The Labute approximate surface area is 211 Å². The Balaban J connectivity index is 1.29. The van der Waals surface area contributed by atoms with Crippen molar-refractivity contribution in [2.75, 3.05) is 74.7 Å². The normalized spacial score (nSPS) is 16.9. The third-order valence-electron chi connectivity index (χ3n) is 6.18. The van der Waals surface area contributed by atoms with Crippen LogP contribution in [0.4, 0.5) is 23.3 Å². The van der Waals surface area contributed by atoms with Gasteiger partial charge >= 0.3 is 0 Å². The van der Waals surface area contributed by atoms with E-state index in [2.05, 4.69) is 62.7 Å². The summed E-state index contributed by atoms with van der Waals surface area (Å²) in [6.45, 7) is 8.84. The molecule has 3 aromatic rings. The van der Waals surface area contributed by atoms with Crippen molar-refractivity contribution in [2.24, 2.45) is 0 Å². The van der Waals surface area contributed by atoms with Crippen LogP contribution in [0.1, 0.15) is 5.56 Å². The van der Waals surface area contributed by atoms with Crippen LogP contribution in [0.15, 0.2) is 59.5 Å². The van der Waals surface area contributed by atoms with Gasteiger partial charge in [0.2, 0.25) is 5.95 Å². The van der Waals surface area contributed by atoms with Crippen LogP contribution in [0.5, 0.6) is 5.75 Å². The topological polar surface area (TPSA) is 66.0 Å². The second kappa shape index (κ2) is 11.2. The van der Waals surface area contributed by atoms with Gasteiger partial charge in [0.15, 0.2) is 0 Å². The molecule has 1 aromatic heterocycles. The number of ether oxygens (including phenoxy) is 2. The van der Waals surface area contributed by atoms with Crippen molar-refractivity contribution in [2.45, 2.75) is 11.8 Å². The second-order valence-corrected chi connectivity index (χ2v) is 9.86. The van der Waals surface area contributed by atoms with Crippen LogP contribution in [0.2, 0.25) is 0 Å². The maximum atomic E-state index is 5.55. The number of rotatable bonds is 7. The van der Waals surface area contributed by atoms with E-state index >= 15 is 0 Å². The molecular weight excluding hydrogens is 460 g/mol. The van der Waals surface area contributed by atoms with Gasteiger partial charge in [-0.1, -0.05) is 17.7 Å². The molecule has 2 aliphatic rings. The Hall–Kier alpha value is -3.01. The van der Waals surface area contributed by atoms with E-state index in [1.54, 1.807) is 19.1 Å². The molecule has 2 fully saturated rings. The minimum absolute atomic E-state index is 0.724. The molecule has 35 heavy (non-hydrogen) atoms. The first-order chi connectivity index (χ1) is 17.2. The summed E-state index contributed by atoms with van der Waals surface area (Å²) in [5.41, 5.74) is 2.26. The largest absolute Gasteiger partial charge is 0.497 e. The third-order valence-corrected chi connectivity index (χ3v) is 7.28. The summed E-state index contributed by atoms with van der Waals surface area (Å²) in [4.78, 5) is 15.7. The number of morpholine rings is 1. The summed E-state index contributed by atoms with van der Waals surface area (Å²) >= 11 is 1.79. The van der Waals surface area contributed by atoms with Crippen LogP contribution < -0.4 is 19.9 Å². The van der Waals surface area contributed by atoms with Crippen molar-refractivity contribution in [1.29, 1.82) is 0 Å². The minimum Gasteiger partial charge on any atom is -0.497 e. The average Bonchev–Trinajstić information content (AvgIpc) is 2.91. The van der Waals surface area contributed by atoms with E-state index in [9.17, 15) is 0 Å². The van der Waals surface area contributed by atoms with E-state index in [-0.39, 0.29) is 0 Å². The number of anilines is 4. The summed E-state index contributed by atoms with van der Waals surface area (Å²) in [5.74, 6) is 3.42. The molecule has 0 saturated carbocycles. The Bertz CT molecular complexity index is 1100. The Morgan fingerprint density at radius 2 is 1.57 bits per heavy atom. The summed E-state index contributed by atoms with van der Waals surface area (Å²) in [7, 11) is 1.69. The predicted octanol–water partition coefficient (Wildman–Crippen LogP) is 4.20. The van der Waals surface area contributed by atoms with E-state index in [1.165, 1.54) is 10.5 Å². The fourth-order valence-corrected chi connectivity index (χ4v) is 5.03. The van der Waals surface area contributed by atoms with Gasteiger partial charge in [-0.15, -0.1) is 0 Å². The number of nitrogens with zero attached hydrogens (tertiary/aromatic N) is 5. The fourth-order valence-electron chi connectivity index (χ4n) is 4.13. The van der Waals surface area contributed by atoms with Crippen molar-refractivity contribution in [1.82, 2.24) is 14.3 Å². The molecule has 5 rings (SSSR count). The first kappa shape index (κ1) is 23.7. The van der Waals surface area contributed by atoms with Gasteiger partial charge in [0.1, 0.15) is 17.4 Å². The molecule has 2 saturated heterocycles. The monoisotopic (exact) mass is 492 g/mol. The molecule has 2 aliphatic heterocycles. The number of methoxy groups -OCH3 is 1. The molecule has 0 aliphatic carbocycles. The molecule has 0 atom stereocenters. The molecule has 184 valence electrons. The zero-order chi connectivity index (χ0) is 24.0. The zero-order valence-electron chi connectivity index (χ0n) is 20.3. The summed E-state index contributed by atoms with van der Waals surface area (Å²) in [6, 6.07) is 18.6. The molecule has 0 bridgehead atoms. The van der Waals surface area contributed by atoms with E-state index < -0.39 is 0 Å². The van der Waals surface area contributed by atoms with Crippen LogP contribution in [0.25, 0.3) is 0 Å². The fraction of sp³-hybridized carbons (Fsp3) is 0.385. The van der Waals surface area contributed by atoms with Gasteiger partial charge in [-0.25, -0.2) is 4.31 Å². The van der Waals surface area contributed by atoms with Crippen LogP contribution >= 0.6 is 11.9 Å². The molecular formula is C26H32N6O2S. The molecule has 8 nitrogen and oxygen atoms in total. The molecule has 3 heterocycles. The van der Waals surface area contributed by atoms with Crippen LogP contribution in [0, 0.1) is 6.92 Å². The van der Waals surface area contributed by atoms with Crippen LogP contribution in [-0.2, 0) is 4.74 Å². The van der Waals surface area contributed by atoms with Gasteiger partial charge < -0.3 is 24.6 Å². The van der Waals surface area contributed by atoms with Crippen molar-refractivity contribution in [3.63, 3.8) is 0 Å². The highest BCUT2D eigenvalue weighted by Gasteiger charge is 2.22. The van der Waals surface area contributed by atoms with Gasteiger partial charge in [0.05, 0.1) is 20.3 Å². The van der Waals surface area contributed by atoms with Gasteiger partial charge in [-0.2, -0.15) is 9.97 Å². The summed E-state index contributed by atoms with van der Waals surface area (Å²) < 4.78 is 13.2. The lowest BCUT2D eigenvalue weighted by Crippen LogP contribution is -2.44. The highest BCUT2D eigenvalue weighted by Crippen LogP contribution is 2.28. The molecule has 0 amide bonds. The number of hydrogen-bond acceptors (Lipinski definition) is 9. The summed E-state index contributed by atoms with van der Waals surface area (Å²) in [6.07, 6.45) is 0. The smallest absolute Gasteiger partial charge is 0.229 e. The molecule has 0 unspecified atom stereocenters. The Kier molecular flexibility index (Phi) is 7.56. The van der Waals surface area contributed by atoms with E-state index in [0.717, 1.165) is 81.5 Å². The van der Waals surface area contributed by atoms with Gasteiger partial charge in [-0.05, 0) is 55.3 Å². The quantitative estimate of drug-likeness (QED) is 0.489. The highest BCUT2D eigenvalue weighted by molar-refractivity contribution is 7.97. The van der Waals surface area contributed by atoms with Gasteiger partial charge in [0, 0.05) is 55.9 Å². The highest BCUT2D eigenvalue weighted by atomic mass is 32.2. The average molecular weight is 493 g/mol. The van der Waals surface area contributed by atoms with Crippen molar-refractivity contribution >= 4 is 35.2 Å². The number of aryl methyl sites for hydroxylation is 1. The lowest BCUT2D eigenvalue weighted by atomic mass is 10.2. The first-order valence-corrected chi connectivity index (χ1v) is 12.8. The third kappa shape index (κ3) is 6.17. The summed E-state index contributed by atoms with van der Waals surface area (Å²) in [5, 5.41) is 3.48. The predicted molar refractivity (Wildman–Crippen MR) is 142 cm³/mol. The molecule has 0 radical (unpaired) electrons. The van der Waals surface area contributed by atoms with Crippen LogP contribution in [0.3, 0.4) is 0 Å². The molecule has 1 N–H and O–H groups in total. The minimum atomic E-state index is 0.724. The number of hydrogen-bond donors (Lipinski definition) is 1. The van der Waals surface area contributed by atoms with Crippen molar-refractivity contribution in [3.05, 3.63) is 60.2 Å². The van der Waals surface area contributed by atoms with Crippen LogP contribution in [-0.4, -0.2) is 73.9 Å². The standard InChI is InChI=1S/C26H32N6O2S/c1-20-3-5-21(6-4-20)27-24-19-25(30-15-17-34-18-16-30)29-26(28-24)31-11-13-32(14-12-31)35-23-9-7-22(33-2)8-10-23/h3-10,19H,11-18H2,1-2H3,(H,27,28,29). The van der Waals surface area contributed by atoms with Crippen molar-refractivity contribution < 1.29 is 9.47 Å². The first-order valence-electron chi connectivity index (χ1n) is 12.0. The second-order valence-electron chi connectivity index (χ2n) is 8.68. The van der Waals surface area contributed by atoms with E-state index in [0.29, 0.717) is 0 Å². The molecule has 2 aromatic carbocycles. The van der Waals surface area contributed by atoms with Gasteiger partial charge in [-0.3, -0.25) is 0 Å². The van der Waals surface area contributed by atoms with E-state index in [1.807, 2.05) is 18.2 Å². The number of nitrogens with one attached hydrogen (secondary N) is 1. The molecule has 9 heteroatoms. The molecule has 0 spiro atoms. The van der Waals surface area contributed by atoms with E-state index in [4.69, 9.17) is 19.4 Å². The Morgan fingerprint density at radius 3 is 2.26 bits per heavy atom. The number of aromatic nitrogens is 2. The van der Waals surface area contributed by atoms with Crippen molar-refractivity contribution in [3.8, 4) is 5.75 Å².